The molecule has 0 saturated carbocycles. The summed E-state index contributed by atoms with van der Waals surface area (Å²) in [6.07, 6.45) is 3.06. The number of aromatic nitrogens is 3. The molecule has 9 nitrogen and oxygen atoms in total. The maximum absolute atomic E-state index is 12.3. The molecule has 1 aliphatic heterocycles. The summed E-state index contributed by atoms with van der Waals surface area (Å²) in [4.78, 5) is 42.1. The monoisotopic (exact) mass is 460 g/mol. The van der Waals surface area contributed by atoms with E-state index >= 15 is 0 Å². The third-order valence-electron chi connectivity index (χ3n) is 5.50. The van der Waals surface area contributed by atoms with Gasteiger partial charge in [0.1, 0.15) is 23.5 Å². The molecule has 4 aromatic rings. The second-order valence-electron chi connectivity index (χ2n) is 7.52. The lowest BCUT2D eigenvalue weighted by molar-refractivity contribution is 0.0696. The fourth-order valence-corrected chi connectivity index (χ4v) is 4.53. The number of amides is 1. The van der Waals surface area contributed by atoms with E-state index in [9.17, 15) is 14.7 Å². The largest absolute Gasteiger partial charge is 0.478 e. The van der Waals surface area contributed by atoms with Gasteiger partial charge in [-0.2, -0.15) is 0 Å². The number of fused-ring (bicyclic) bond motifs is 1. The Balaban J connectivity index is 1.33. The van der Waals surface area contributed by atoms with Gasteiger partial charge in [0.05, 0.1) is 22.3 Å². The van der Waals surface area contributed by atoms with Crippen LogP contribution in [0.25, 0.3) is 10.9 Å². The highest BCUT2D eigenvalue weighted by atomic mass is 32.1. The molecular formula is C23H20N6O3S. The van der Waals surface area contributed by atoms with Crippen LogP contribution in [0.5, 0.6) is 0 Å². The Morgan fingerprint density at radius 3 is 2.42 bits per heavy atom. The van der Waals surface area contributed by atoms with Crippen LogP contribution in [0.15, 0.2) is 60.4 Å². The zero-order valence-electron chi connectivity index (χ0n) is 17.5. The van der Waals surface area contributed by atoms with E-state index in [1.54, 1.807) is 18.5 Å². The summed E-state index contributed by atoms with van der Waals surface area (Å²) in [5, 5.41) is 15.3. The normalized spacial score (nSPS) is 13.8. The topological polar surface area (TPSA) is 112 Å². The number of carbonyl (C=O) groups excluding carboxylic acids is 1. The minimum Gasteiger partial charge on any atom is -0.478 e. The van der Waals surface area contributed by atoms with Crippen LogP contribution < -0.4 is 15.1 Å². The van der Waals surface area contributed by atoms with Crippen LogP contribution in [0, 0.1) is 0 Å². The number of carboxylic acid groups (broad SMARTS) is 1. The summed E-state index contributed by atoms with van der Waals surface area (Å²) in [6, 6.07) is 12.8. The average molecular weight is 461 g/mol. The predicted octanol–water partition coefficient (Wildman–Crippen LogP) is 3.36. The summed E-state index contributed by atoms with van der Waals surface area (Å²) in [6.45, 7) is 2.51. The zero-order chi connectivity index (χ0) is 22.8. The second-order valence-corrected chi connectivity index (χ2v) is 8.47. The number of hydrogen-bond donors (Lipinski definition) is 2. The molecule has 0 aliphatic carbocycles. The van der Waals surface area contributed by atoms with Gasteiger partial charge in [0.2, 0.25) is 0 Å². The molecule has 33 heavy (non-hydrogen) atoms. The lowest BCUT2D eigenvalue weighted by Gasteiger charge is -2.36. The molecule has 3 aromatic heterocycles. The summed E-state index contributed by atoms with van der Waals surface area (Å²) in [5.74, 6) is -0.113. The van der Waals surface area contributed by atoms with Crippen molar-refractivity contribution in [2.75, 3.05) is 41.3 Å². The lowest BCUT2D eigenvalue weighted by atomic mass is 10.2. The van der Waals surface area contributed by atoms with Crippen LogP contribution in [0.1, 0.15) is 20.0 Å². The third-order valence-corrected chi connectivity index (χ3v) is 6.37. The Morgan fingerprint density at radius 2 is 1.70 bits per heavy atom. The number of anilines is 3. The van der Waals surface area contributed by atoms with Gasteiger partial charge in [0.15, 0.2) is 0 Å². The second kappa shape index (κ2) is 8.83. The van der Waals surface area contributed by atoms with E-state index in [2.05, 4.69) is 25.2 Å². The number of aromatic carboxylic acids is 1. The van der Waals surface area contributed by atoms with E-state index in [-0.39, 0.29) is 11.5 Å². The number of benzene rings is 1. The third kappa shape index (κ3) is 4.20. The van der Waals surface area contributed by atoms with Gasteiger partial charge < -0.3 is 20.2 Å². The van der Waals surface area contributed by atoms with Crippen LogP contribution in [0.2, 0.25) is 0 Å². The van der Waals surface area contributed by atoms with Crippen LogP contribution in [0.3, 0.4) is 0 Å². The van der Waals surface area contributed by atoms with Crippen molar-refractivity contribution in [1.82, 2.24) is 15.0 Å². The standard InChI is InChI=1S/C23H20N6O3S/c30-22(19-6-3-11-33-19)27-15-12-17(23(31)32)21(24-13-15)29-9-7-28(8-10-29)20-16-4-1-2-5-18(16)25-14-26-20/h1-6,11-14H,7-10H2,(H,27,30)(H,31,32). The molecule has 0 radical (unpaired) electrons. The van der Waals surface area contributed by atoms with E-state index in [1.165, 1.54) is 23.6 Å². The smallest absolute Gasteiger partial charge is 0.339 e. The summed E-state index contributed by atoms with van der Waals surface area (Å²) in [5.41, 5.74) is 1.29. The first-order valence-electron chi connectivity index (χ1n) is 10.4. The SMILES string of the molecule is O=C(Nc1cnc(N2CCN(c3ncnc4ccccc34)CC2)c(C(=O)O)c1)c1cccs1. The van der Waals surface area contributed by atoms with Gasteiger partial charge in [-0.25, -0.2) is 19.7 Å². The molecule has 4 heterocycles. The van der Waals surface area contributed by atoms with Gasteiger partial charge in [-0.1, -0.05) is 18.2 Å². The molecule has 1 aliphatic rings. The Morgan fingerprint density at radius 1 is 0.939 bits per heavy atom. The predicted molar refractivity (Wildman–Crippen MR) is 127 cm³/mol. The molecule has 1 aromatic carbocycles. The van der Waals surface area contributed by atoms with Gasteiger partial charge >= 0.3 is 5.97 Å². The molecule has 5 rings (SSSR count). The van der Waals surface area contributed by atoms with Crippen LogP contribution in [-0.2, 0) is 0 Å². The molecule has 0 bridgehead atoms. The number of pyridine rings is 1. The Kier molecular flexibility index (Phi) is 5.57. The van der Waals surface area contributed by atoms with Crippen molar-refractivity contribution in [3.8, 4) is 0 Å². The molecule has 1 amide bonds. The fraction of sp³-hybridized carbons (Fsp3) is 0.174. The van der Waals surface area contributed by atoms with Gasteiger partial charge in [-0.05, 0) is 29.6 Å². The van der Waals surface area contributed by atoms with Crippen molar-refractivity contribution in [2.45, 2.75) is 0 Å². The highest BCUT2D eigenvalue weighted by Crippen LogP contribution is 2.27. The number of carboxylic acids is 1. The Hall–Kier alpha value is -4.05. The van der Waals surface area contributed by atoms with Crippen molar-refractivity contribution < 1.29 is 14.7 Å². The minimum absolute atomic E-state index is 0.0555. The zero-order valence-corrected chi connectivity index (χ0v) is 18.3. The van der Waals surface area contributed by atoms with Crippen LogP contribution in [0.4, 0.5) is 17.3 Å². The van der Waals surface area contributed by atoms with Gasteiger partial charge in [0, 0.05) is 31.6 Å². The molecule has 0 atom stereocenters. The molecular weight excluding hydrogens is 440 g/mol. The number of rotatable bonds is 5. The van der Waals surface area contributed by atoms with Crippen molar-refractivity contribution >= 4 is 51.4 Å². The lowest BCUT2D eigenvalue weighted by Crippen LogP contribution is -2.47. The summed E-state index contributed by atoms with van der Waals surface area (Å²) >= 11 is 1.31. The Bertz CT molecular complexity index is 1310. The number of nitrogens with zero attached hydrogens (tertiary/aromatic N) is 5. The molecule has 10 heteroatoms. The molecule has 166 valence electrons. The van der Waals surface area contributed by atoms with Gasteiger partial charge in [-0.3, -0.25) is 4.79 Å². The van der Waals surface area contributed by atoms with E-state index in [0.29, 0.717) is 42.6 Å². The van der Waals surface area contributed by atoms with Gasteiger partial charge in [0.25, 0.3) is 5.91 Å². The highest BCUT2D eigenvalue weighted by molar-refractivity contribution is 7.12. The van der Waals surface area contributed by atoms with Crippen molar-refractivity contribution in [2.24, 2.45) is 0 Å². The molecule has 0 unspecified atom stereocenters. The minimum atomic E-state index is -1.09. The fourth-order valence-electron chi connectivity index (χ4n) is 3.91. The number of para-hydroxylation sites is 1. The number of thiophene rings is 1. The molecule has 1 fully saturated rings. The average Bonchev–Trinajstić information content (AvgIpc) is 3.39. The first-order valence-corrected chi connectivity index (χ1v) is 11.3. The van der Waals surface area contributed by atoms with Crippen molar-refractivity contribution in [1.29, 1.82) is 0 Å². The van der Waals surface area contributed by atoms with E-state index < -0.39 is 5.97 Å². The maximum atomic E-state index is 12.3. The molecule has 0 spiro atoms. The molecule has 1 saturated heterocycles. The number of carbonyl (C=O) groups is 2. The summed E-state index contributed by atoms with van der Waals surface area (Å²) < 4.78 is 0. The van der Waals surface area contributed by atoms with E-state index in [0.717, 1.165) is 16.7 Å². The maximum Gasteiger partial charge on any atom is 0.339 e. The first-order chi connectivity index (χ1) is 16.1. The van der Waals surface area contributed by atoms with Crippen molar-refractivity contribution in [3.63, 3.8) is 0 Å². The van der Waals surface area contributed by atoms with Crippen LogP contribution in [-0.4, -0.2) is 58.1 Å². The quantitative estimate of drug-likeness (QED) is 0.466. The van der Waals surface area contributed by atoms with Crippen LogP contribution >= 0.6 is 11.3 Å². The van der Waals surface area contributed by atoms with Gasteiger partial charge in [-0.15, -0.1) is 11.3 Å². The van der Waals surface area contributed by atoms with Crippen molar-refractivity contribution in [3.05, 3.63) is 70.8 Å². The number of hydrogen-bond acceptors (Lipinski definition) is 8. The Labute approximate surface area is 193 Å². The van der Waals surface area contributed by atoms with E-state index in [1.807, 2.05) is 34.5 Å². The summed E-state index contributed by atoms with van der Waals surface area (Å²) in [7, 11) is 0. The highest BCUT2D eigenvalue weighted by Gasteiger charge is 2.25. The number of nitrogens with one attached hydrogen (secondary N) is 1. The first kappa shape index (κ1) is 20.8. The molecule has 2 N–H and O–H groups in total. The number of piperazine rings is 1. The van der Waals surface area contributed by atoms with E-state index in [4.69, 9.17) is 0 Å².